The molecular weight excluding hydrogens is 208 g/mol. The maximum absolute atomic E-state index is 11.6. The van der Waals surface area contributed by atoms with E-state index in [1.54, 1.807) is 30.3 Å². The second-order valence-corrected chi connectivity index (χ2v) is 3.66. The van der Waals surface area contributed by atoms with Gasteiger partial charge in [-0.15, -0.1) is 0 Å². The maximum atomic E-state index is 11.6. The lowest BCUT2D eigenvalue weighted by atomic mass is 9.97. The van der Waals surface area contributed by atoms with Crippen molar-refractivity contribution in [1.29, 1.82) is 0 Å². The van der Waals surface area contributed by atoms with Crippen molar-refractivity contribution in [3.63, 3.8) is 0 Å². The second kappa shape index (κ2) is 3.20. The van der Waals surface area contributed by atoms with Crippen LogP contribution in [0.2, 0.25) is 0 Å². The Hall–Kier alpha value is -2.10. The molecule has 16 heavy (non-hydrogen) atoms. The number of carbonyl (C=O) groups is 2. The predicted molar refractivity (Wildman–Crippen MR) is 53.4 cm³/mol. The minimum Gasteiger partial charge on any atom is -0.449 e. The van der Waals surface area contributed by atoms with Crippen molar-refractivity contribution in [3.05, 3.63) is 47.2 Å². The number of benzene rings is 1. The summed E-state index contributed by atoms with van der Waals surface area (Å²) in [6, 6.07) is 6.99. The molecule has 0 aliphatic carbocycles. The molecule has 0 N–H and O–H groups in total. The van der Waals surface area contributed by atoms with Crippen LogP contribution in [0.25, 0.3) is 0 Å². The van der Waals surface area contributed by atoms with Gasteiger partial charge in [-0.3, -0.25) is 4.79 Å². The summed E-state index contributed by atoms with van der Waals surface area (Å²) in [7, 11) is 0. The van der Waals surface area contributed by atoms with Crippen LogP contribution in [-0.4, -0.2) is 11.9 Å². The summed E-state index contributed by atoms with van der Waals surface area (Å²) in [5.74, 6) is -0.277. The standard InChI is InChI=1S/C12H8O4/c13-10-6-5-9-11(16-10)7-3-1-2-4-8(7)12(14)15-9/h1-5,11H,6H2. The summed E-state index contributed by atoms with van der Waals surface area (Å²) in [6.45, 7) is 0. The largest absolute Gasteiger partial charge is 0.449 e. The predicted octanol–water partition coefficient (Wildman–Crippen LogP) is 1.73. The zero-order chi connectivity index (χ0) is 11.1. The monoisotopic (exact) mass is 216 g/mol. The first-order valence-electron chi connectivity index (χ1n) is 4.96. The van der Waals surface area contributed by atoms with E-state index in [2.05, 4.69) is 0 Å². The van der Waals surface area contributed by atoms with Crippen molar-refractivity contribution in [1.82, 2.24) is 0 Å². The number of rotatable bonds is 0. The number of hydrogen-bond donors (Lipinski definition) is 0. The van der Waals surface area contributed by atoms with Gasteiger partial charge in [-0.2, -0.15) is 0 Å². The molecule has 3 rings (SSSR count). The van der Waals surface area contributed by atoms with Crippen LogP contribution < -0.4 is 0 Å². The van der Waals surface area contributed by atoms with Crippen molar-refractivity contribution in [3.8, 4) is 0 Å². The molecule has 2 heterocycles. The highest BCUT2D eigenvalue weighted by atomic mass is 16.6. The first kappa shape index (κ1) is 9.15. The van der Waals surface area contributed by atoms with E-state index >= 15 is 0 Å². The molecule has 0 saturated heterocycles. The summed E-state index contributed by atoms with van der Waals surface area (Å²) in [5, 5.41) is 0. The van der Waals surface area contributed by atoms with Gasteiger partial charge in [-0.25, -0.2) is 4.79 Å². The third-order valence-electron chi connectivity index (χ3n) is 2.65. The smallest absolute Gasteiger partial charge is 0.343 e. The lowest BCUT2D eigenvalue weighted by Crippen LogP contribution is -2.27. The van der Waals surface area contributed by atoms with Gasteiger partial charge in [-0.05, 0) is 12.1 Å². The molecule has 2 aliphatic heterocycles. The summed E-state index contributed by atoms with van der Waals surface area (Å²) in [5.41, 5.74) is 1.15. The zero-order valence-corrected chi connectivity index (χ0v) is 8.30. The van der Waals surface area contributed by atoms with Crippen LogP contribution in [0, 0.1) is 0 Å². The summed E-state index contributed by atoms with van der Waals surface area (Å²) >= 11 is 0. The van der Waals surface area contributed by atoms with Gasteiger partial charge in [0.15, 0.2) is 6.10 Å². The quantitative estimate of drug-likeness (QED) is 0.620. The van der Waals surface area contributed by atoms with E-state index in [-0.39, 0.29) is 12.4 Å². The first-order chi connectivity index (χ1) is 7.75. The maximum Gasteiger partial charge on any atom is 0.343 e. The van der Waals surface area contributed by atoms with Crippen LogP contribution in [0.3, 0.4) is 0 Å². The molecule has 0 radical (unpaired) electrons. The van der Waals surface area contributed by atoms with Crippen LogP contribution in [0.4, 0.5) is 0 Å². The molecule has 4 nitrogen and oxygen atoms in total. The van der Waals surface area contributed by atoms with E-state index < -0.39 is 12.1 Å². The average Bonchev–Trinajstić information content (AvgIpc) is 2.31. The van der Waals surface area contributed by atoms with Gasteiger partial charge in [0, 0.05) is 5.56 Å². The Bertz CT molecular complexity index is 516. The van der Waals surface area contributed by atoms with Crippen LogP contribution in [0.1, 0.15) is 28.4 Å². The fourth-order valence-electron chi connectivity index (χ4n) is 1.91. The SMILES string of the molecule is O=C1CC=C2OC(=O)c3ccccc3C2O1. The molecule has 2 aliphatic rings. The van der Waals surface area contributed by atoms with Crippen molar-refractivity contribution in [2.24, 2.45) is 0 Å². The molecule has 0 aromatic heterocycles. The highest BCUT2D eigenvalue weighted by Crippen LogP contribution is 2.37. The molecule has 1 unspecified atom stereocenters. The molecule has 0 bridgehead atoms. The van der Waals surface area contributed by atoms with E-state index in [0.29, 0.717) is 16.9 Å². The molecule has 0 fully saturated rings. The van der Waals surface area contributed by atoms with Gasteiger partial charge >= 0.3 is 11.9 Å². The minimum atomic E-state index is -0.560. The van der Waals surface area contributed by atoms with E-state index in [1.165, 1.54) is 0 Å². The van der Waals surface area contributed by atoms with Crippen LogP contribution in [-0.2, 0) is 14.3 Å². The van der Waals surface area contributed by atoms with E-state index in [0.717, 1.165) is 0 Å². The van der Waals surface area contributed by atoms with Crippen molar-refractivity contribution < 1.29 is 19.1 Å². The normalized spacial score (nSPS) is 22.5. The van der Waals surface area contributed by atoms with Gasteiger partial charge in [0.25, 0.3) is 0 Å². The number of esters is 2. The number of carbonyl (C=O) groups excluding carboxylic acids is 2. The third-order valence-corrected chi connectivity index (χ3v) is 2.65. The molecule has 0 saturated carbocycles. The van der Waals surface area contributed by atoms with Crippen molar-refractivity contribution in [2.75, 3.05) is 0 Å². The van der Waals surface area contributed by atoms with Crippen molar-refractivity contribution >= 4 is 11.9 Å². The van der Waals surface area contributed by atoms with E-state index in [9.17, 15) is 9.59 Å². The Labute approximate surface area is 91.5 Å². The third kappa shape index (κ3) is 1.23. The minimum absolute atomic E-state index is 0.154. The van der Waals surface area contributed by atoms with Gasteiger partial charge in [0.1, 0.15) is 5.76 Å². The van der Waals surface area contributed by atoms with Gasteiger partial charge in [0.05, 0.1) is 12.0 Å². The number of fused-ring (bicyclic) bond motifs is 3. The fourth-order valence-corrected chi connectivity index (χ4v) is 1.91. The Morgan fingerprint density at radius 2 is 2.00 bits per heavy atom. The molecule has 1 atom stereocenters. The molecule has 4 heteroatoms. The Balaban J connectivity index is 2.16. The second-order valence-electron chi connectivity index (χ2n) is 3.66. The summed E-state index contributed by atoms with van der Waals surface area (Å²) in [6.07, 6.45) is 1.20. The Morgan fingerprint density at radius 3 is 2.88 bits per heavy atom. The summed E-state index contributed by atoms with van der Waals surface area (Å²) in [4.78, 5) is 22.8. The topological polar surface area (TPSA) is 52.6 Å². The molecule has 80 valence electrons. The molecule has 1 aromatic carbocycles. The molecule has 0 spiro atoms. The molecule has 0 amide bonds. The molecular formula is C12H8O4. The highest BCUT2D eigenvalue weighted by Gasteiger charge is 2.36. The average molecular weight is 216 g/mol. The Kier molecular flexibility index (Phi) is 1.83. The molecule has 1 aromatic rings. The van der Waals surface area contributed by atoms with E-state index in [1.807, 2.05) is 0 Å². The van der Waals surface area contributed by atoms with Gasteiger partial charge < -0.3 is 9.47 Å². The number of hydrogen-bond acceptors (Lipinski definition) is 4. The summed E-state index contributed by atoms with van der Waals surface area (Å²) < 4.78 is 10.3. The lowest BCUT2D eigenvalue weighted by Gasteiger charge is -2.29. The van der Waals surface area contributed by atoms with E-state index in [4.69, 9.17) is 9.47 Å². The Morgan fingerprint density at radius 1 is 1.19 bits per heavy atom. The van der Waals surface area contributed by atoms with Crippen LogP contribution >= 0.6 is 0 Å². The van der Waals surface area contributed by atoms with Crippen LogP contribution in [0.15, 0.2) is 36.1 Å². The van der Waals surface area contributed by atoms with Crippen molar-refractivity contribution in [2.45, 2.75) is 12.5 Å². The van der Waals surface area contributed by atoms with Gasteiger partial charge in [0.2, 0.25) is 0 Å². The highest BCUT2D eigenvalue weighted by molar-refractivity contribution is 5.94. The number of ether oxygens (including phenoxy) is 2. The first-order valence-corrected chi connectivity index (χ1v) is 4.96. The fraction of sp³-hybridized carbons (Fsp3) is 0.167. The zero-order valence-electron chi connectivity index (χ0n) is 8.30. The lowest BCUT2D eigenvalue weighted by molar-refractivity contribution is -0.150. The van der Waals surface area contributed by atoms with Gasteiger partial charge in [-0.1, -0.05) is 18.2 Å². The van der Waals surface area contributed by atoms with Crippen LogP contribution in [0.5, 0.6) is 0 Å².